The Kier molecular flexibility index (Phi) is 3.78. The Morgan fingerprint density at radius 1 is 1.10 bits per heavy atom. The van der Waals surface area contributed by atoms with Gasteiger partial charge in [-0.05, 0) is 42.2 Å². The molecule has 1 aliphatic carbocycles. The summed E-state index contributed by atoms with van der Waals surface area (Å²) in [7, 11) is -3.49. The van der Waals surface area contributed by atoms with Gasteiger partial charge in [-0.15, -0.1) is 0 Å². The van der Waals surface area contributed by atoms with Crippen LogP contribution in [0.1, 0.15) is 23.6 Å². The van der Waals surface area contributed by atoms with E-state index in [1.807, 2.05) is 24.3 Å². The molecule has 21 heavy (non-hydrogen) atoms. The van der Waals surface area contributed by atoms with E-state index in [0.717, 1.165) is 17.5 Å². The Labute approximate surface area is 129 Å². The molecule has 0 aliphatic heterocycles. The van der Waals surface area contributed by atoms with Crippen molar-refractivity contribution in [2.45, 2.75) is 29.0 Å². The van der Waals surface area contributed by atoms with Crippen molar-refractivity contribution < 1.29 is 8.42 Å². The summed E-state index contributed by atoms with van der Waals surface area (Å²) in [6, 6.07) is 13.7. The average Bonchev–Trinajstić information content (AvgIpc) is 2.47. The third-order valence-electron chi connectivity index (χ3n) is 4.04. The predicted octanol–water partition coefficient (Wildman–Crippen LogP) is 3.13. The SMILES string of the molecule is NC1c2ccccc2CCC1S(=O)(=O)c1cccc(Cl)c1. The molecule has 2 N–H and O–H groups in total. The maximum absolute atomic E-state index is 12.8. The van der Waals surface area contributed by atoms with Gasteiger partial charge in [-0.25, -0.2) is 8.42 Å². The quantitative estimate of drug-likeness (QED) is 0.924. The number of fused-ring (bicyclic) bond motifs is 1. The number of benzene rings is 2. The summed E-state index contributed by atoms with van der Waals surface area (Å²) in [4.78, 5) is 0.245. The van der Waals surface area contributed by atoms with E-state index in [-0.39, 0.29) is 4.90 Å². The first-order valence-corrected chi connectivity index (χ1v) is 8.75. The van der Waals surface area contributed by atoms with E-state index in [9.17, 15) is 8.42 Å². The molecule has 0 heterocycles. The van der Waals surface area contributed by atoms with E-state index < -0.39 is 21.1 Å². The second-order valence-corrected chi connectivity index (χ2v) is 7.91. The summed E-state index contributed by atoms with van der Waals surface area (Å²) in [5.74, 6) is 0. The normalized spacial score (nSPS) is 21.8. The third-order valence-corrected chi connectivity index (χ3v) is 6.51. The van der Waals surface area contributed by atoms with Gasteiger partial charge in [0.1, 0.15) is 0 Å². The molecule has 0 radical (unpaired) electrons. The van der Waals surface area contributed by atoms with Crippen molar-refractivity contribution in [3.05, 3.63) is 64.7 Å². The number of aryl methyl sites for hydroxylation is 1. The maximum atomic E-state index is 12.8. The Morgan fingerprint density at radius 2 is 1.86 bits per heavy atom. The minimum absolute atomic E-state index is 0.245. The average molecular weight is 322 g/mol. The van der Waals surface area contributed by atoms with Gasteiger partial charge in [-0.3, -0.25) is 0 Å². The predicted molar refractivity (Wildman–Crippen MR) is 84.1 cm³/mol. The molecule has 5 heteroatoms. The van der Waals surface area contributed by atoms with Gasteiger partial charge in [0.15, 0.2) is 9.84 Å². The van der Waals surface area contributed by atoms with Crippen LogP contribution in [0.4, 0.5) is 0 Å². The number of nitrogens with two attached hydrogens (primary N) is 1. The van der Waals surface area contributed by atoms with Crippen molar-refractivity contribution in [2.75, 3.05) is 0 Å². The van der Waals surface area contributed by atoms with E-state index in [0.29, 0.717) is 11.4 Å². The van der Waals surface area contributed by atoms with Crippen molar-refractivity contribution in [3.8, 4) is 0 Å². The van der Waals surface area contributed by atoms with Crippen molar-refractivity contribution in [3.63, 3.8) is 0 Å². The zero-order valence-corrected chi connectivity index (χ0v) is 12.9. The second kappa shape index (κ2) is 5.44. The Hall–Kier alpha value is -1.36. The lowest BCUT2D eigenvalue weighted by Gasteiger charge is -2.30. The highest BCUT2D eigenvalue weighted by Gasteiger charge is 2.37. The number of hydrogen-bond donors (Lipinski definition) is 1. The van der Waals surface area contributed by atoms with Crippen LogP contribution < -0.4 is 5.73 Å². The van der Waals surface area contributed by atoms with Gasteiger partial charge < -0.3 is 5.73 Å². The molecule has 110 valence electrons. The van der Waals surface area contributed by atoms with E-state index >= 15 is 0 Å². The fourth-order valence-corrected chi connectivity index (χ4v) is 5.06. The molecule has 2 aromatic carbocycles. The van der Waals surface area contributed by atoms with E-state index in [1.54, 1.807) is 18.2 Å². The fraction of sp³-hybridized carbons (Fsp3) is 0.250. The molecular weight excluding hydrogens is 306 g/mol. The molecule has 2 atom stereocenters. The lowest BCUT2D eigenvalue weighted by atomic mass is 9.88. The van der Waals surface area contributed by atoms with Crippen LogP contribution in [-0.4, -0.2) is 13.7 Å². The van der Waals surface area contributed by atoms with E-state index in [1.165, 1.54) is 6.07 Å². The summed E-state index contributed by atoms with van der Waals surface area (Å²) in [6.07, 6.45) is 1.27. The monoisotopic (exact) mass is 321 g/mol. The zero-order chi connectivity index (χ0) is 15.0. The molecule has 0 bridgehead atoms. The maximum Gasteiger partial charge on any atom is 0.183 e. The van der Waals surface area contributed by atoms with Crippen LogP contribution >= 0.6 is 11.6 Å². The van der Waals surface area contributed by atoms with Gasteiger partial charge in [0.05, 0.1) is 10.1 Å². The highest BCUT2D eigenvalue weighted by Crippen LogP contribution is 2.35. The summed E-state index contributed by atoms with van der Waals surface area (Å²) in [6.45, 7) is 0. The molecule has 2 unspecified atom stereocenters. The molecule has 0 saturated heterocycles. The van der Waals surface area contributed by atoms with Crippen molar-refractivity contribution in [2.24, 2.45) is 5.73 Å². The first-order valence-electron chi connectivity index (χ1n) is 6.83. The van der Waals surface area contributed by atoms with E-state index in [2.05, 4.69) is 0 Å². The van der Waals surface area contributed by atoms with E-state index in [4.69, 9.17) is 17.3 Å². The minimum atomic E-state index is -3.49. The van der Waals surface area contributed by atoms with Crippen LogP contribution in [0.25, 0.3) is 0 Å². The van der Waals surface area contributed by atoms with Crippen LogP contribution in [-0.2, 0) is 16.3 Å². The van der Waals surface area contributed by atoms with Crippen LogP contribution in [0.5, 0.6) is 0 Å². The van der Waals surface area contributed by atoms with Gasteiger partial charge >= 0.3 is 0 Å². The zero-order valence-electron chi connectivity index (χ0n) is 11.4. The van der Waals surface area contributed by atoms with Crippen molar-refractivity contribution >= 4 is 21.4 Å². The molecule has 2 aromatic rings. The number of sulfone groups is 1. The van der Waals surface area contributed by atoms with Gasteiger partial charge in [0, 0.05) is 11.1 Å². The second-order valence-electron chi connectivity index (χ2n) is 5.30. The van der Waals surface area contributed by atoms with Crippen molar-refractivity contribution in [1.82, 2.24) is 0 Å². The molecular formula is C16H16ClNO2S. The summed E-state index contributed by atoms with van der Waals surface area (Å²) in [5, 5.41) is -0.188. The Bertz CT molecular complexity index is 773. The van der Waals surface area contributed by atoms with Crippen molar-refractivity contribution in [1.29, 1.82) is 0 Å². The molecule has 0 fully saturated rings. The number of rotatable bonds is 2. The summed E-state index contributed by atoms with van der Waals surface area (Å²) >= 11 is 5.91. The molecule has 0 amide bonds. The molecule has 0 saturated carbocycles. The first-order chi connectivity index (χ1) is 10.00. The molecule has 1 aliphatic rings. The minimum Gasteiger partial charge on any atom is -0.323 e. The van der Waals surface area contributed by atoms with Crippen LogP contribution in [0, 0.1) is 0 Å². The number of halogens is 1. The largest absolute Gasteiger partial charge is 0.323 e. The number of hydrogen-bond acceptors (Lipinski definition) is 3. The van der Waals surface area contributed by atoms with Gasteiger partial charge in [-0.1, -0.05) is 41.9 Å². The standard InChI is InChI=1S/C16H16ClNO2S/c17-12-5-3-6-13(10-12)21(19,20)15-9-8-11-4-1-2-7-14(11)16(15)18/h1-7,10,15-16H,8-9,18H2. The summed E-state index contributed by atoms with van der Waals surface area (Å²) in [5.41, 5.74) is 8.31. The molecule has 0 spiro atoms. The highest BCUT2D eigenvalue weighted by atomic mass is 35.5. The van der Waals surface area contributed by atoms with Crippen LogP contribution in [0.15, 0.2) is 53.4 Å². The van der Waals surface area contributed by atoms with Gasteiger partial charge in [0.25, 0.3) is 0 Å². The fourth-order valence-electron chi connectivity index (χ4n) is 2.93. The Balaban J connectivity index is 2.02. The topological polar surface area (TPSA) is 60.2 Å². The van der Waals surface area contributed by atoms with Gasteiger partial charge in [-0.2, -0.15) is 0 Å². The van der Waals surface area contributed by atoms with Crippen LogP contribution in [0.2, 0.25) is 5.02 Å². The highest BCUT2D eigenvalue weighted by molar-refractivity contribution is 7.92. The van der Waals surface area contributed by atoms with Crippen LogP contribution in [0.3, 0.4) is 0 Å². The summed E-state index contributed by atoms with van der Waals surface area (Å²) < 4.78 is 25.6. The Morgan fingerprint density at radius 3 is 2.62 bits per heavy atom. The lowest BCUT2D eigenvalue weighted by Crippen LogP contribution is -2.37. The first kappa shape index (κ1) is 14.6. The molecule has 3 nitrogen and oxygen atoms in total. The smallest absolute Gasteiger partial charge is 0.183 e. The third kappa shape index (κ3) is 2.59. The molecule has 3 rings (SSSR count). The lowest BCUT2D eigenvalue weighted by molar-refractivity contribution is 0.521. The van der Waals surface area contributed by atoms with Gasteiger partial charge in [0.2, 0.25) is 0 Å². The molecule has 0 aromatic heterocycles.